The molecule has 0 saturated carbocycles. The van der Waals surface area contributed by atoms with Gasteiger partial charge in [0.25, 0.3) is 5.91 Å². The lowest BCUT2D eigenvalue weighted by atomic mass is 9.99. The van der Waals surface area contributed by atoms with Crippen LogP contribution in [-0.2, 0) is 6.42 Å². The predicted octanol–water partition coefficient (Wildman–Crippen LogP) is 5.76. The van der Waals surface area contributed by atoms with E-state index in [9.17, 15) is 9.59 Å². The number of hydrogen-bond acceptors (Lipinski definition) is 6. The molecule has 0 saturated heterocycles. The topological polar surface area (TPSA) is 76.3 Å². The number of rotatable bonds is 4. The summed E-state index contributed by atoms with van der Waals surface area (Å²) in [5.41, 5.74) is 1.09. The second-order valence-electron chi connectivity index (χ2n) is 7.18. The van der Waals surface area contributed by atoms with Crippen LogP contribution in [0.25, 0.3) is 11.0 Å². The van der Waals surface area contributed by atoms with Crippen LogP contribution in [0.2, 0.25) is 5.02 Å². The lowest BCUT2D eigenvalue weighted by molar-refractivity contribution is 0.0970. The quantitative estimate of drug-likeness (QED) is 0.344. The number of anilines is 1. The second-order valence-corrected chi connectivity index (χ2v) is 9.57. The summed E-state index contributed by atoms with van der Waals surface area (Å²) in [6.45, 7) is 2.05. The van der Waals surface area contributed by atoms with Crippen molar-refractivity contribution in [2.75, 3.05) is 4.90 Å². The SMILES string of the molecule is CCCc1nnc(N2C(=O)c3oc4ccc(Br)cc4c(=O)c3C2c2cccc(Cl)c2)s1. The van der Waals surface area contributed by atoms with Crippen LogP contribution < -0.4 is 10.3 Å². The van der Waals surface area contributed by atoms with Gasteiger partial charge in [-0.15, -0.1) is 10.2 Å². The molecule has 9 heteroatoms. The third-order valence-electron chi connectivity index (χ3n) is 5.12. The molecule has 3 heterocycles. The van der Waals surface area contributed by atoms with Gasteiger partial charge in [0.1, 0.15) is 10.6 Å². The molecule has 4 aromatic rings. The third kappa shape index (κ3) is 3.39. The molecule has 1 aliphatic heterocycles. The van der Waals surface area contributed by atoms with Crippen molar-refractivity contribution in [3.05, 3.63) is 84.1 Å². The summed E-state index contributed by atoms with van der Waals surface area (Å²) in [5, 5.41) is 10.6. The van der Waals surface area contributed by atoms with E-state index in [0.29, 0.717) is 26.7 Å². The number of fused-ring (bicyclic) bond motifs is 2. The number of hydrogen-bond donors (Lipinski definition) is 0. The molecule has 31 heavy (non-hydrogen) atoms. The predicted molar refractivity (Wildman–Crippen MR) is 124 cm³/mol. The molecule has 1 unspecified atom stereocenters. The maximum absolute atomic E-state index is 13.5. The van der Waals surface area contributed by atoms with Crippen LogP contribution in [0, 0.1) is 0 Å². The minimum absolute atomic E-state index is 0.0250. The summed E-state index contributed by atoms with van der Waals surface area (Å²) in [5.74, 6) is -0.391. The van der Waals surface area contributed by atoms with Crippen molar-refractivity contribution in [2.24, 2.45) is 0 Å². The van der Waals surface area contributed by atoms with Gasteiger partial charge >= 0.3 is 0 Å². The van der Waals surface area contributed by atoms with Crippen LogP contribution >= 0.6 is 38.9 Å². The minimum Gasteiger partial charge on any atom is -0.450 e. The molecule has 0 spiro atoms. The number of carbonyl (C=O) groups is 1. The fourth-order valence-corrected chi connectivity index (χ4v) is 5.32. The van der Waals surface area contributed by atoms with Crippen molar-refractivity contribution in [3.63, 3.8) is 0 Å². The second kappa shape index (κ2) is 7.85. The van der Waals surface area contributed by atoms with Crippen LogP contribution in [0.4, 0.5) is 5.13 Å². The lowest BCUT2D eigenvalue weighted by Gasteiger charge is -2.22. The van der Waals surface area contributed by atoms with Gasteiger partial charge in [0, 0.05) is 15.9 Å². The van der Waals surface area contributed by atoms with Gasteiger partial charge in [0.15, 0.2) is 5.43 Å². The average Bonchev–Trinajstić information content (AvgIpc) is 3.31. The Hall–Kier alpha value is -2.55. The van der Waals surface area contributed by atoms with Crippen molar-refractivity contribution in [1.29, 1.82) is 0 Å². The Balaban J connectivity index is 1.78. The van der Waals surface area contributed by atoms with Crippen LogP contribution in [0.1, 0.15) is 46.1 Å². The Morgan fingerprint density at radius 3 is 2.81 bits per heavy atom. The van der Waals surface area contributed by atoms with Crippen molar-refractivity contribution >= 4 is 60.9 Å². The first-order chi connectivity index (χ1) is 15.0. The number of nitrogens with zero attached hydrogens (tertiary/aromatic N) is 3. The Morgan fingerprint density at radius 2 is 2.03 bits per heavy atom. The standard InChI is InChI=1S/C22H15BrClN3O3S/c1-2-4-16-25-26-22(31-16)27-18(11-5-3-6-13(24)9-11)17-19(28)14-10-12(23)7-8-15(14)30-20(17)21(27)29/h3,5-10,18H,2,4H2,1H3. The first-order valence-electron chi connectivity index (χ1n) is 9.65. The molecule has 2 aromatic heterocycles. The van der Waals surface area contributed by atoms with Crippen LogP contribution in [0.5, 0.6) is 0 Å². The van der Waals surface area contributed by atoms with Gasteiger partial charge < -0.3 is 4.42 Å². The molecular weight excluding hydrogens is 502 g/mol. The van der Waals surface area contributed by atoms with E-state index in [1.54, 1.807) is 36.4 Å². The zero-order chi connectivity index (χ0) is 21.7. The lowest BCUT2D eigenvalue weighted by Crippen LogP contribution is -2.29. The average molecular weight is 517 g/mol. The highest BCUT2D eigenvalue weighted by Crippen LogP contribution is 2.42. The molecule has 0 N–H and O–H groups in total. The summed E-state index contributed by atoms with van der Waals surface area (Å²) in [6.07, 6.45) is 1.68. The largest absolute Gasteiger partial charge is 0.450 e. The van der Waals surface area contributed by atoms with E-state index in [2.05, 4.69) is 33.1 Å². The number of aromatic nitrogens is 2. The summed E-state index contributed by atoms with van der Waals surface area (Å²) in [6, 6.07) is 11.6. The van der Waals surface area contributed by atoms with Crippen molar-refractivity contribution in [1.82, 2.24) is 10.2 Å². The molecule has 0 aliphatic carbocycles. The molecule has 156 valence electrons. The molecule has 6 nitrogen and oxygen atoms in total. The Kier molecular flexibility index (Phi) is 5.16. The summed E-state index contributed by atoms with van der Waals surface area (Å²) in [7, 11) is 0. The van der Waals surface area contributed by atoms with Crippen molar-refractivity contribution in [3.8, 4) is 0 Å². The molecule has 5 rings (SSSR count). The van der Waals surface area contributed by atoms with E-state index in [-0.39, 0.29) is 16.8 Å². The van der Waals surface area contributed by atoms with Gasteiger partial charge in [-0.05, 0) is 42.3 Å². The van der Waals surface area contributed by atoms with E-state index in [1.807, 2.05) is 6.07 Å². The molecule has 1 aliphatic rings. The van der Waals surface area contributed by atoms with E-state index in [1.165, 1.54) is 16.2 Å². The van der Waals surface area contributed by atoms with E-state index in [4.69, 9.17) is 16.0 Å². The summed E-state index contributed by atoms with van der Waals surface area (Å²) in [4.78, 5) is 28.5. The molecule has 1 atom stereocenters. The summed E-state index contributed by atoms with van der Waals surface area (Å²) >= 11 is 11.0. The third-order valence-corrected chi connectivity index (χ3v) is 6.83. The Morgan fingerprint density at radius 1 is 1.19 bits per heavy atom. The van der Waals surface area contributed by atoms with Gasteiger partial charge in [-0.25, -0.2) is 0 Å². The Labute approximate surface area is 194 Å². The number of amides is 1. The number of halogens is 2. The molecule has 1 amide bonds. The van der Waals surface area contributed by atoms with E-state index in [0.717, 1.165) is 22.3 Å². The monoisotopic (exact) mass is 515 g/mol. The van der Waals surface area contributed by atoms with Crippen molar-refractivity contribution in [2.45, 2.75) is 25.8 Å². The highest BCUT2D eigenvalue weighted by molar-refractivity contribution is 9.10. The summed E-state index contributed by atoms with van der Waals surface area (Å²) < 4.78 is 6.70. The molecular formula is C22H15BrClN3O3S. The Bertz CT molecular complexity index is 1400. The zero-order valence-corrected chi connectivity index (χ0v) is 19.4. The highest BCUT2D eigenvalue weighted by atomic mass is 79.9. The first-order valence-corrected chi connectivity index (χ1v) is 11.6. The van der Waals surface area contributed by atoms with E-state index >= 15 is 0 Å². The van der Waals surface area contributed by atoms with Crippen LogP contribution in [0.3, 0.4) is 0 Å². The maximum Gasteiger partial charge on any atom is 0.297 e. The molecule has 0 fully saturated rings. The van der Waals surface area contributed by atoms with Gasteiger partial charge in [-0.1, -0.05) is 57.9 Å². The fraction of sp³-hybridized carbons (Fsp3) is 0.182. The maximum atomic E-state index is 13.5. The highest BCUT2D eigenvalue weighted by Gasteiger charge is 2.45. The van der Waals surface area contributed by atoms with Crippen LogP contribution in [0.15, 0.2) is 56.1 Å². The van der Waals surface area contributed by atoms with E-state index < -0.39 is 11.9 Å². The normalized spacial score (nSPS) is 15.6. The smallest absolute Gasteiger partial charge is 0.297 e. The zero-order valence-electron chi connectivity index (χ0n) is 16.3. The first kappa shape index (κ1) is 20.4. The minimum atomic E-state index is -0.705. The van der Waals surface area contributed by atoms with Gasteiger partial charge in [-0.3, -0.25) is 14.5 Å². The molecule has 0 radical (unpaired) electrons. The van der Waals surface area contributed by atoms with Gasteiger partial charge in [0.05, 0.1) is 17.0 Å². The molecule has 2 aromatic carbocycles. The van der Waals surface area contributed by atoms with Gasteiger partial charge in [-0.2, -0.15) is 0 Å². The number of benzene rings is 2. The number of carbonyl (C=O) groups excluding carboxylic acids is 1. The molecule has 0 bridgehead atoms. The fourth-order valence-electron chi connectivity index (χ4n) is 3.79. The van der Waals surface area contributed by atoms with Gasteiger partial charge in [0.2, 0.25) is 10.9 Å². The van der Waals surface area contributed by atoms with Crippen molar-refractivity contribution < 1.29 is 9.21 Å². The van der Waals surface area contributed by atoms with Crippen LogP contribution in [-0.4, -0.2) is 16.1 Å². The number of aryl methyl sites for hydroxylation is 1.